The van der Waals surface area contributed by atoms with Gasteiger partial charge in [0.05, 0.1) is 13.2 Å². The summed E-state index contributed by atoms with van der Waals surface area (Å²) in [6.07, 6.45) is 5.15. The summed E-state index contributed by atoms with van der Waals surface area (Å²) in [6, 6.07) is 10.0. The summed E-state index contributed by atoms with van der Waals surface area (Å²) in [4.78, 5) is 12.3. The molecule has 26 heavy (non-hydrogen) atoms. The maximum absolute atomic E-state index is 12.3. The minimum Gasteiger partial charge on any atom is -0.508 e. The Kier molecular flexibility index (Phi) is 7.27. The number of benzene rings is 2. The first kappa shape index (κ1) is 19.6. The molecule has 0 aliphatic heterocycles. The molecule has 0 bridgehead atoms. The first-order chi connectivity index (χ1) is 12.5. The quantitative estimate of drug-likeness (QED) is 0.498. The van der Waals surface area contributed by atoms with Crippen LogP contribution >= 0.6 is 0 Å². The van der Waals surface area contributed by atoms with Crippen LogP contribution in [0.3, 0.4) is 0 Å². The molecule has 0 atom stereocenters. The molecule has 0 radical (unpaired) electrons. The van der Waals surface area contributed by atoms with Crippen molar-refractivity contribution in [3.8, 4) is 17.2 Å². The van der Waals surface area contributed by atoms with Gasteiger partial charge in [0.1, 0.15) is 17.2 Å². The molecular weight excluding hydrogens is 328 g/mol. The summed E-state index contributed by atoms with van der Waals surface area (Å²) < 4.78 is 11.6. The van der Waals surface area contributed by atoms with Crippen LogP contribution in [0.15, 0.2) is 42.5 Å². The Bertz CT molecular complexity index is 760. The molecule has 0 fully saturated rings. The van der Waals surface area contributed by atoms with Crippen LogP contribution < -0.4 is 9.47 Å². The van der Waals surface area contributed by atoms with Crippen molar-refractivity contribution >= 4 is 11.9 Å². The number of hydrogen-bond donors (Lipinski definition) is 1. The number of ether oxygens (including phenoxy) is 2. The van der Waals surface area contributed by atoms with Gasteiger partial charge in [-0.2, -0.15) is 0 Å². The number of carbonyl (C=O) groups is 1. The Hall–Kier alpha value is -2.75. The Balaban J connectivity index is 2.27. The summed E-state index contributed by atoms with van der Waals surface area (Å²) >= 11 is 0. The third-order valence-corrected chi connectivity index (χ3v) is 3.87. The Labute approximate surface area is 155 Å². The molecule has 0 saturated heterocycles. The van der Waals surface area contributed by atoms with Crippen LogP contribution in [-0.2, 0) is 0 Å². The van der Waals surface area contributed by atoms with E-state index >= 15 is 0 Å². The Morgan fingerprint density at radius 2 is 1.69 bits per heavy atom. The fraction of sp³-hybridized carbons (Fsp3) is 0.318. The zero-order chi connectivity index (χ0) is 18.9. The molecule has 138 valence electrons. The van der Waals surface area contributed by atoms with Gasteiger partial charge in [-0.3, -0.25) is 4.79 Å². The van der Waals surface area contributed by atoms with Crippen molar-refractivity contribution < 1.29 is 19.4 Å². The number of hydrogen-bond acceptors (Lipinski definition) is 4. The van der Waals surface area contributed by atoms with Crippen molar-refractivity contribution in [3.05, 3.63) is 59.2 Å². The van der Waals surface area contributed by atoms with E-state index in [0.717, 1.165) is 35.5 Å². The third-order valence-electron chi connectivity index (χ3n) is 3.87. The van der Waals surface area contributed by atoms with Crippen LogP contribution in [0, 0.1) is 6.92 Å². The van der Waals surface area contributed by atoms with E-state index in [4.69, 9.17) is 9.47 Å². The lowest BCUT2D eigenvalue weighted by atomic mass is 10.0. The van der Waals surface area contributed by atoms with Crippen molar-refractivity contribution in [1.29, 1.82) is 0 Å². The van der Waals surface area contributed by atoms with Crippen LogP contribution in [0.5, 0.6) is 17.2 Å². The van der Waals surface area contributed by atoms with Crippen molar-refractivity contribution in [2.75, 3.05) is 13.2 Å². The number of aromatic hydroxyl groups is 1. The molecule has 2 rings (SSSR count). The molecule has 0 saturated carbocycles. The molecule has 0 heterocycles. The predicted molar refractivity (Wildman–Crippen MR) is 104 cm³/mol. The van der Waals surface area contributed by atoms with Crippen molar-refractivity contribution in [2.24, 2.45) is 0 Å². The highest BCUT2D eigenvalue weighted by Crippen LogP contribution is 2.30. The minimum atomic E-state index is -0.125. The van der Waals surface area contributed by atoms with Gasteiger partial charge in [0.15, 0.2) is 5.78 Å². The van der Waals surface area contributed by atoms with Crippen LogP contribution in [0.25, 0.3) is 6.08 Å². The van der Waals surface area contributed by atoms with E-state index in [-0.39, 0.29) is 11.5 Å². The van der Waals surface area contributed by atoms with Gasteiger partial charge in [0, 0.05) is 11.6 Å². The lowest BCUT2D eigenvalue weighted by molar-refractivity contribution is 0.104. The van der Waals surface area contributed by atoms with E-state index in [0.29, 0.717) is 18.8 Å². The number of carbonyl (C=O) groups excluding carboxylic acids is 1. The fourth-order valence-electron chi connectivity index (χ4n) is 2.41. The smallest absolute Gasteiger partial charge is 0.185 e. The first-order valence-corrected chi connectivity index (χ1v) is 8.96. The summed E-state index contributed by atoms with van der Waals surface area (Å²) in [5, 5.41) is 9.33. The first-order valence-electron chi connectivity index (χ1n) is 8.96. The maximum atomic E-state index is 12.3. The van der Waals surface area contributed by atoms with Gasteiger partial charge in [-0.15, -0.1) is 0 Å². The normalized spacial score (nSPS) is 10.9. The van der Waals surface area contributed by atoms with Gasteiger partial charge in [0.2, 0.25) is 0 Å². The lowest BCUT2D eigenvalue weighted by Gasteiger charge is -2.14. The monoisotopic (exact) mass is 354 g/mol. The summed E-state index contributed by atoms with van der Waals surface area (Å²) in [6.45, 7) is 7.35. The summed E-state index contributed by atoms with van der Waals surface area (Å²) in [5.74, 6) is 1.53. The maximum Gasteiger partial charge on any atom is 0.185 e. The second kappa shape index (κ2) is 9.66. The van der Waals surface area contributed by atoms with Gasteiger partial charge in [-0.1, -0.05) is 19.9 Å². The molecule has 4 nitrogen and oxygen atoms in total. The van der Waals surface area contributed by atoms with Gasteiger partial charge >= 0.3 is 0 Å². The zero-order valence-electron chi connectivity index (χ0n) is 15.6. The summed E-state index contributed by atoms with van der Waals surface area (Å²) in [5.41, 5.74) is 2.38. The SMILES string of the molecule is CCCOc1cc(/C=C/C(=O)c2ccc(O)cc2)c(C)c(OCCC)c1. The fourth-order valence-corrected chi connectivity index (χ4v) is 2.41. The van der Waals surface area contributed by atoms with Crippen LogP contribution in [-0.4, -0.2) is 24.1 Å². The topological polar surface area (TPSA) is 55.8 Å². The lowest BCUT2D eigenvalue weighted by Crippen LogP contribution is -2.01. The van der Waals surface area contributed by atoms with Gasteiger partial charge in [-0.25, -0.2) is 0 Å². The number of ketones is 1. The predicted octanol–water partition coefficient (Wildman–Crippen LogP) is 5.17. The molecule has 0 unspecified atom stereocenters. The van der Waals surface area contributed by atoms with Crippen LogP contribution in [0.4, 0.5) is 0 Å². The number of phenols is 1. The Morgan fingerprint density at radius 1 is 1.04 bits per heavy atom. The summed E-state index contributed by atoms with van der Waals surface area (Å²) in [7, 11) is 0. The highest BCUT2D eigenvalue weighted by molar-refractivity contribution is 6.07. The molecule has 0 spiro atoms. The molecule has 0 amide bonds. The second-order valence-corrected chi connectivity index (χ2v) is 6.08. The molecular formula is C22H26O4. The number of rotatable bonds is 9. The van der Waals surface area contributed by atoms with Crippen molar-refractivity contribution in [2.45, 2.75) is 33.6 Å². The van der Waals surface area contributed by atoms with Crippen LogP contribution in [0.2, 0.25) is 0 Å². The molecule has 0 aliphatic carbocycles. The number of allylic oxidation sites excluding steroid dienone is 1. The molecule has 4 heteroatoms. The van der Waals surface area contributed by atoms with E-state index in [1.54, 1.807) is 18.2 Å². The van der Waals surface area contributed by atoms with E-state index in [2.05, 4.69) is 13.8 Å². The second-order valence-electron chi connectivity index (χ2n) is 6.08. The molecule has 0 aromatic heterocycles. The largest absolute Gasteiger partial charge is 0.508 e. The van der Waals surface area contributed by atoms with E-state index < -0.39 is 0 Å². The van der Waals surface area contributed by atoms with Crippen molar-refractivity contribution in [3.63, 3.8) is 0 Å². The molecule has 1 N–H and O–H groups in total. The molecule has 0 aliphatic rings. The molecule has 2 aromatic carbocycles. The highest BCUT2D eigenvalue weighted by Gasteiger charge is 2.09. The minimum absolute atomic E-state index is 0.125. The number of phenolic OH excluding ortho intramolecular Hbond substituents is 1. The van der Waals surface area contributed by atoms with Crippen LogP contribution in [0.1, 0.15) is 48.2 Å². The van der Waals surface area contributed by atoms with E-state index in [1.165, 1.54) is 18.2 Å². The van der Waals surface area contributed by atoms with E-state index in [1.807, 2.05) is 19.1 Å². The van der Waals surface area contributed by atoms with E-state index in [9.17, 15) is 9.90 Å². The third kappa shape index (κ3) is 5.38. The average Bonchev–Trinajstić information content (AvgIpc) is 2.65. The molecule has 2 aromatic rings. The van der Waals surface area contributed by atoms with Gasteiger partial charge < -0.3 is 14.6 Å². The van der Waals surface area contributed by atoms with Crippen molar-refractivity contribution in [1.82, 2.24) is 0 Å². The zero-order valence-corrected chi connectivity index (χ0v) is 15.6. The highest BCUT2D eigenvalue weighted by atomic mass is 16.5. The standard InChI is InChI=1S/C22H26O4/c1-4-12-25-20-14-18(16(3)22(15-20)26-13-5-2)8-11-21(24)17-6-9-19(23)10-7-17/h6-11,14-15,23H,4-5,12-13H2,1-3H3/b11-8+. The average molecular weight is 354 g/mol. The Morgan fingerprint density at radius 3 is 2.35 bits per heavy atom. The van der Waals surface area contributed by atoms with Gasteiger partial charge in [0.25, 0.3) is 0 Å². The van der Waals surface area contributed by atoms with Gasteiger partial charge in [-0.05, 0) is 67.3 Å².